The minimum absolute atomic E-state index is 0. The molecule has 1 nitrogen and oxygen atoms in total. The fraction of sp³-hybridized carbons (Fsp3) is 0.429. The third kappa shape index (κ3) is 3.87. The molecule has 87 valence electrons. The van der Waals surface area contributed by atoms with Gasteiger partial charge >= 0.3 is 0 Å². The van der Waals surface area contributed by atoms with Crippen molar-refractivity contribution in [1.82, 2.24) is 4.90 Å². The van der Waals surface area contributed by atoms with Gasteiger partial charge in [-0.1, -0.05) is 36.2 Å². The summed E-state index contributed by atoms with van der Waals surface area (Å²) < 4.78 is 0. The largest absolute Gasteiger partial charge is 0.518 e. The molecule has 2 heteroatoms. The summed E-state index contributed by atoms with van der Waals surface area (Å²) in [4.78, 5) is 2.51. The van der Waals surface area contributed by atoms with Crippen LogP contribution < -0.4 is 0 Å². The number of rotatable bonds is 3. The number of likely N-dealkylation sites (tertiary alicyclic amines) is 1. The molecule has 1 heterocycles. The summed E-state index contributed by atoms with van der Waals surface area (Å²) >= 11 is 0. The van der Waals surface area contributed by atoms with Crippen molar-refractivity contribution in [3.8, 4) is 0 Å². The number of hydrogen-bond donors (Lipinski definition) is 0. The fourth-order valence-corrected chi connectivity index (χ4v) is 2.15. The summed E-state index contributed by atoms with van der Waals surface area (Å²) in [6.07, 6.45) is 4.28. The monoisotopic (exact) mass is 387 g/mol. The summed E-state index contributed by atoms with van der Waals surface area (Å²) in [5.41, 5.74) is 1.41. The Hall–Kier alpha value is -0.418. The van der Waals surface area contributed by atoms with Gasteiger partial charge in [-0.15, -0.1) is 0 Å². The van der Waals surface area contributed by atoms with Crippen molar-refractivity contribution in [2.45, 2.75) is 19.4 Å². The van der Waals surface area contributed by atoms with E-state index in [0.29, 0.717) is 5.92 Å². The number of hydrogen-bond acceptors (Lipinski definition) is 1. The predicted molar refractivity (Wildman–Crippen MR) is 63.3 cm³/mol. The predicted octanol–water partition coefficient (Wildman–Crippen LogP) is 2.89. The molecule has 2 rings (SSSR count). The van der Waals surface area contributed by atoms with Crippen molar-refractivity contribution < 1.29 is 20.4 Å². The molecule has 0 atom stereocenters. The molecule has 16 heavy (non-hydrogen) atoms. The summed E-state index contributed by atoms with van der Waals surface area (Å²) in [5, 5.41) is 0. The van der Waals surface area contributed by atoms with E-state index in [1.807, 2.05) is 6.08 Å². The van der Waals surface area contributed by atoms with E-state index in [-0.39, 0.29) is 20.4 Å². The summed E-state index contributed by atoms with van der Waals surface area (Å²) in [6.45, 7) is 8.99. The maximum atomic E-state index is 5.56. The van der Waals surface area contributed by atoms with Crippen molar-refractivity contribution in [1.29, 1.82) is 0 Å². The third-order valence-electron chi connectivity index (χ3n) is 3.15. The number of benzene rings is 1. The molecule has 1 aliphatic rings. The van der Waals surface area contributed by atoms with Crippen LogP contribution in [-0.2, 0) is 27.0 Å². The van der Waals surface area contributed by atoms with Crippen LogP contribution >= 0.6 is 0 Å². The Morgan fingerprint density at radius 3 is 2.38 bits per heavy atom. The molecule has 1 aromatic carbocycles. The molecule has 0 amide bonds. The SMILES string of the molecule is [CH-]=CC1CCN(Cc2ccccc2)CC1.[Re]. The van der Waals surface area contributed by atoms with E-state index in [0.717, 1.165) is 6.54 Å². The molecule has 0 spiro atoms. The fourth-order valence-electron chi connectivity index (χ4n) is 2.15. The molecule has 0 unspecified atom stereocenters. The van der Waals surface area contributed by atoms with E-state index >= 15 is 0 Å². The molecule has 0 bridgehead atoms. The van der Waals surface area contributed by atoms with Gasteiger partial charge in [-0.2, -0.15) is 0 Å². The molecule has 0 N–H and O–H groups in total. The topological polar surface area (TPSA) is 3.24 Å². The first kappa shape index (κ1) is 13.6. The molecule has 0 saturated carbocycles. The van der Waals surface area contributed by atoms with Crippen LogP contribution in [0.4, 0.5) is 0 Å². The zero-order valence-corrected chi connectivity index (χ0v) is 12.2. The van der Waals surface area contributed by atoms with E-state index < -0.39 is 0 Å². The van der Waals surface area contributed by atoms with Gasteiger partial charge in [-0.25, -0.2) is 0 Å². The van der Waals surface area contributed by atoms with Crippen LogP contribution in [0.25, 0.3) is 0 Å². The van der Waals surface area contributed by atoms with Gasteiger partial charge < -0.3 is 6.58 Å². The summed E-state index contributed by atoms with van der Waals surface area (Å²) in [5.74, 6) is 0.636. The van der Waals surface area contributed by atoms with Crippen molar-refractivity contribution in [3.63, 3.8) is 0 Å². The van der Waals surface area contributed by atoms with Crippen LogP contribution in [0.1, 0.15) is 18.4 Å². The first-order valence-corrected chi connectivity index (χ1v) is 5.70. The molecule has 0 aliphatic carbocycles. The van der Waals surface area contributed by atoms with E-state index in [4.69, 9.17) is 6.58 Å². The van der Waals surface area contributed by atoms with Crippen LogP contribution in [0.2, 0.25) is 0 Å². The second kappa shape index (κ2) is 7.02. The van der Waals surface area contributed by atoms with E-state index in [1.54, 1.807) is 0 Å². The maximum absolute atomic E-state index is 5.56. The Morgan fingerprint density at radius 2 is 1.81 bits per heavy atom. The van der Waals surface area contributed by atoms with Crippen molar-refractivity contribution >= 4 is 0 Å². The standard InChI is InChI=1S/C14H18N.Re/c1-2-13-8-10-15(11-9-13)12-14-6-4-3-5-7-14;/h1-7,13H,8-12H2;/q-1;. The second-order valence-electron chi connectivity index (χ2n) is 4.29. The molecule has 0 aromatic heterocycles. The van der Waals surface area contributed by atoms with Crippen LogP contribution in [-0.4, -0.2) is 18.0 Å². The smallest absolute Gasteiger partial charge is 0.0233 e. The average Bonchev–Trinajstić information content (AvgIpc) is 2.31. The first-order valence-electron chi connectivity index (χ1n) is 5.70. The number of nitrogens with zero attached hydrogens (tertiary/aromatic N) is 1. The van der Waals surface area contributed by atoms with Gasteiger partial charge in [0.25, 0.3) is 0 Å². The second-order valence-corrected chi connectivity index (χ2v) is 4.29. The molecule has 1 radical (unpaired) electrons. The summed E-state index contributed by atoms with van der Waals surface area (Å²) in [7, 11) is 0. The Balaban J connectivity index is 0.00000128. The van der Waals surface area contributed by atoms with Gasteiger partial charge in [0.1, 0.15) is 0 Å². The third-order valence-corrected chi connectivity index (χ3v) is 3.15. The average molecular weight is 387 g/mol. The zero-order chi connectivity index (χ0) is 10.5. The molecule has 1 fully saturated rings. The molecular weight excluding hydrogens is 368 g/mol. The van der Waals surface area contributed by atoms with Crippen molar-refractivity contribution in [2.75, 3.05) is 13.1 Å². The van der Waals surface area contributed by atoms with Crippen LogP contribution in [0.5, 0.6) is 0 Å². The van der Waals surface area contributed by atoms with Gasteiger partial charge in [0.2, 0.25) is 0 Å². The summed E-state index contributed by atoms with van der Waals surface area (Å²) in [6, 6.07) is 10.7. The zero-order valence-electron chi connectivity index (χ0n) is 9.48. The van der Waals surface area contributed by atoms with Crippen LogP contribution in [0.3, 0.4) is 0 Å². The minimum Gasteiger partial charge on any atom is -0.518 e. The first-order chi connectivity index (χ1) is 7.38. The Bertz CT molecular complexity index is 302. The van der Waals surface area contributed by atoms with Gasteiger partial charge in [0.05, 0.1) is 0 Å². The molecule has 1 aliphatic heterocycles. The maximum Gasteiger partial charge on any atom is 0.0233 e. The van der Waals surface area contributed by atoms with Gasteiger partial charge in [-0.3, -0.25) is 11.0 Å². The van der Waals surface area contributed by atoms with Crippen molar-refractivity contribution in [2.24, 2.45) is 5.92 Å². The molecule has 1 aromatic rings. The number of allylic oxidation sites excluding steroid dienone is 1. The van der Waals surface area contributed by atoms with Gasteiger partial charge in [0.15, 0.2) is 0 Å². The van der Waals surface area contributed by atoms with Crippen molar-refractivity contribution in [3.05, 3.63) is 48.6 Å². The minimum atomic E-state index is 0. The Morgan fingerprint density at radius 1 is 1.19 bits per heavy atom. The van der Waals surface area contributed by atoms with Gasteiger partial charge in [-0.05, 0) is 31.5 Å². The normalized spacial score (nSPS) is 17.8. The van der Waals surface area contributed by atoms with E-state index in [9.17, 15) is 0 Å². The quantitative estimate of drug-likeness (QED) is 0.722. The van der Waals surface area contributed by atoms with Gasteiger partial charge in [0, 0.05) is 27.0 Å². The van der Waals surface area contributed by atoms with E-state index in [2.05, 4.69) is 35.2 Å². The Kier molecular flexibility index (Phi) is 5.98. The van der Waals surface area contributed by atoms with Crippen LogP contribution in [0.15, 0.2) is 36.4 Å². The Labute approximate surface area is 112 Å². The molecule has 1 saturated heterocycles. The number of piperidine rings is 1. The molecular formula is C14H18NRe-. The van der Waals surface area contributed by atoms with E-state index in [1.165, 1.54) is 31.5 Å². The van der Waals surface area contributed by atoms with Crippen LogP contribution in [0, 0.1) is 12.5 Å².